The number of rotatable bonds is 1. The molecule has 0 bridgehead atoms. The highest BCUT2D eigenvalue weighted by Crippen LogP contribution is 2.23. The van der Waals surface area contributed by atoms with Crippen molar-refractivity contribution in [2.24, 2.45) is 0 Å². The van der Waals surface area contributed by atoms with E-state index < -0.39 is 0 Å². The van der Waals surface area contributed by atoms with Gasteiger partial charge < -0.3 is 17.0 Å². The molecule has 0 saturated carbocycles. The number of aromatic nitrogens is 1. The molecule has 0 amide bonds. The monoisotopic (exact) mass is 291 g/mol. The molecule has 0 N–H and O–H groups in total. The molecular weight excluding hydrogens is 282 g/mol. The van der Waals surface area contributed by atoms with E-state index >= 15 is 0 Å². The van der Waals surface area contributed by atoms with E-state index in [-0.39, 0.29) is 17.0 Å². The Bertz CT molecular complexity index is 590. The average Bonchev–Trinajstić information content (AvgIpc) is 2.82. The van der Waals surface area contributed by atoms with Crippen molar-refractivity contribution in [3.8, 4) is 10.4 Å². The lowest BCUT2D eigenvalue weighted by Gasteiger charge is -1.94. The Labute approximate surface area is 109 Å². The largest absolute Gasteiger partial charge is 1.00 e. The molecule has 0 radical (unpaired) electrons. The van der Waals surface area contributed by atoms with E-state index in [1.165, 1.54) is 16.0 Å². The van der Waals surface area contributed by atoms with Crippen molar-refractivity contribution in [3.63, 3.8) is 0 Å². The molecule has 3 aromatic rings. The Morgan fingerprint density at radius 1 is 0.938 bits per heavy atom. The maximum absolute atomic E-state index is 2.17. The Balaban J connectivity index is 0.000000963. The number of pyridine rings is 2. The highest BCUT2D eigenvalue weighted by Gasteiger charge is 2.05. The molecule has 0 fully saturated rings. The van der Waals surface area contributed by atoms with E-state index in [1.807, 2.05) is 6.07 Å². The molecular formula is C13H10BrNS. The molecule has 0 aliphatic carbocycles. The number of fused-ring (bicyclic) bond motifs is 1. The summed E-state index contributed by atoms with van der Waals surface area (Å²) in [6, 6.07) is 14.8. The van der Waals surface area contributed by atoms with Crippen LogP contribution in [0.2, 0.25) is 0 Å². The van der Waals surface area contributed by atoms with Crippen LogP contribution in [-0.2, 0) is 0 Å². The van der Waals surface area contributed by atoms with Gasteiger partial charge in [-0.25, -0.2) is 0 Å². The maximum atomic E-state index is 2.17. The summed E-state index contributed by atoms with van der Waals surface area (Å²) < 4.78 is 2.15. The van der Waals surface area contributed by atoms with Gasteiger partial charge in [-0.05, 0) is 23.6 Å². The van der Waals surface area contributed by atoms with Crippen molar-refractivity contribution in [2.75, 3.05) is 0 Å². The van der Waals surface area contributed by atoms with Crippen molar-refractivity contribution in [1.29, 1.82) is 0 Å². The lowest BCUT2D eigenvalue weighted by molar-refractivity contribution is -0.511. The van der Waals surface area contributed by atoms with Crippen molar-refractivity contribution in [1.82, 2.24) is 0 Å². The fourth-order valence-corrected chi connectivity index (χ4v) is 2.40. The molecule has 1 nitrogen and oxygen atoms in total. The van der Waals surface area contributed by atoms with Gasteiger partial charge in [0.2, 0.25) is 5.52 Å². The van der Waals surface area contributed by atoms with Crippen molar-refractivity contribution >= 4 is 16.9 Å². The number of nitrogens with zero attached hydrogens (tertiary/aromatic N) is 1. The molecule has 0 aliphatic heterocycles. The van der Waals surface area contributed by atoms with E-state index in [4.69, 9.17) is 0 Å². The SMILES string of the molecule is [Br-].c1csc(-c2ccc3cccc[n+]3c2)c1. The van der Waals surface area contributed by atoms with Gasteiger partial charge in [-0.2, -0.15) is 4.40 Å². The Hall–Kier alpha value is -1.19. The Morgan fingerprint density at radius 2 is 1.88 bits per heavy atom. The standard InChI is InChI=1S/C13H10NS.BrH/c1-2-8-14-10-11(6-7-12(14)4-1)13-5-3-9-15-13;/h1-10H;1H/q+1;/p-1. The van der Waals surface area contributed by atoms with Crippen LogP contribution in [0.5, 0.6) is 0 Å². The zero-order valence-electron chi connectivity index (χ0n) is 8.51. The Morgan fingerprint density at radius 3 is 2.69 bits per heavy atom. The highest BCUT2D eigenvalue weighted by atomic mass is 79.9. The van der Waals surface area contributed by atoms with Crippen LogP contribution < -0.4 is 21.4 Å². The van der Waals surface area contributed by atoms with Crippen molar-refractivity contribution < 1.29 is 21.4 Å². The van der Waals surface area contributed by atoms with Gasteiger partial charge >= 0.3 is 0 Å². The van der Waals surface area contributed by atoms with E-state index in [9.17, 15) is 0 Å². The predicted molar refractivity (Wildman–Crippen MR) is 62.9 cm³/mol. The molecule has 0 atom stereocenters. The van der Waals surface area contributed by atoms with Gasteiger partial charge in [0.15, 0.2) is 12.4 Å². The summed E-state index contributed by atoms with van der Waals surface area (Å²) in [4.78, 5) is 1.31. The summed E-state index contributed by atoms with van der Waals surface area (Å²) in [6.07, 6.45) is 4.24. The maximum Gasteiger partial charge on any atom is 0.210 e. The van der Waals surface area contributed by atoms with Crippen LogP contribution in [0.1, 0.15) is 0 Å². The third-order valence-electron chi connectivity index (χ3n) is 2.44. The highest BCUT2D eigenvalue weighted by molar-refractivity contribution is 7.13. The molecule has 0 saturated heterocycles. The molecule has 0 unspecified atom stereocenters. The van der Waals surface area contributed by atoms with E-state index in [2.05, 4.69) is 58.6 Å². The quantitative estimate of drug-likeness (QED) is 0.563. The van der Waals surface area contributed by atoms with Gasteiger partial charge in [0.25, 0.3) is 0 Å². The fraction of sp³-hybridized carbons (Fsp3) is 0. The first-order valence-electron chi connectivity index (χ1n) is 4.87. The summed E-state index contributed by atoms with van der Waals surface area (Å²) in [5.41, 5.74) is 2.49. The molecule has 80 valence electrons. The molecule has 0 aromatic carbocycles. The van der Waals surface area contributed by atoms with Crippen LogP contribution in [-0.4, -0.2) is 0 Å². The number of hydrogen-bond donors (Lipinski definition) is 0. The third-order valence-corrected chi connectivity index (χ3v) is 3.36. The third kappa shape index (κ3) is 2.01. The van der Waals surface area contributed by atoms with Gasteiger partial charge in [-0.15, -0.1) is 11.3 Å². The van der Waals surface area contributed by atoms with Gasteiger partial charge in [0, 0.05) is 23.1 Å². The molecule has 3 heteroatoms. The first-order valence-corrected chi connectivity index (χ1v) is 5.75. The first-order chi connectivity index (χ1) is 7.43. The average molecular weight is 292 g/mol. The number of hydrogen-bond acceptors (Lipinski definition) is 1. The van der Waals surface area contributed by atoms with Crippen LogP contribution in [0.25, 0.3) is 16.0 Å². The lowest BCUT2D eigenvalue weighted by Crippen LogP contribution is -3.00. The van der Waals surface area contributed by atoms with Crippen LogP contribution in [0, 0.1) is 0 Å². The van der Waals surface area contributed by atoms with Crippen LogP contribution >= 0.6 is 11.3 Å². The van der Waals surface area contributed by atoms with Crippen molar-refractivity contribution in [3.05, 3.63) is 60.2 Å². The summed E-state index contributed by atoms with van der Waals surface area (Å²) in [5, 5.41) is 2.11. The van der Waals surface area contributed by atoms with E-state index in [0.29, 0.717) is 0 Å². The van der Waals surface area contributed by atoms with Crippen LogP contribution in [0.15, 0.2) is 60.2 Å². The second-order valence-corrected chi connectivity index (χ2v) is 4.38. The summed E-state index contributed by atoms with van der Waals surface area (Å²) >= 11 is 1.77. The van der Waals surface area contributed by atoms with Crippen LogP contribution in [0.3, 0.4) is 0 Å². The van der Waals surface area contributed by atoms with Gasteiger partial charge in [-0.3, -0.25) is 0 Å². The van der Waals surface area contributed by atoms with E-state index in [0.717, 1.165) is 0 Å². The van der Waals surface area contributed by atoms with Gasteiger partial charge in [0.1, 0.15) is 0 Å². The molecule has 16 heavy (non-hydrogen) atoms. The van der Waals surface area contributed by atoms with Crippen LogP contribution in [0.4, 0.5) is 0 Å². The minimum Gasteiger partial charge on any atom is -1.00 e. The normalized spacial score (nSPS) is 10.0. The fourth-order valence-electron chi connectivity index (χ4n) is 1.68. The molecule has 0 aliphatic rings. The van der Waals surface area contributed by atoms with E-state index in [1.54, 1.807) is 11.3 Å². The molecule has 3 heterocycles. The lowest BCUT2D eigenvalue weighted by atomic mass is 10.2. The Kier molecular flexibility index (Phi) is 3.36. The zero-order chi connectivity index (χ0) is 10.1. The number of halogens is 1. The van der Waals surface area contributed by atoms with Gasteiger partial charge in [-0.1, -0.05) is 6.07 Å². The summed E-state index contributed by atoms with van der Waals surface area (Å²) in [5.74, 6) is 0. The minimum absolute atomic E-state index is 0. The molecule has 3 aromatic heterocycles. The molecule has 0 spiro atoms. The minimum atomic E-state index is 0. The summed E-state index contributed by atoms with van der Waals surface area (Å²) in [7, 11) is 0. The van der Waals surface area contributed by atoms with Gasteiger partial charge in [0.05, 0.1) is 5.56 Å². The first kappa shape index (κ1) is 11.3. The molecule has 3 rings (SSSR count). The summed E-state index contributed by atoms with van der Waals surface area (Å²) in [6.45, 7) is 0. The van der Waals surface area contributed by atoms with Crippen molar-refractivity contribution in [2.45, 2.75) is 0 Å². The zero-order valence-corrected chi connectivity index (χ0v) is 10.9. The smallest absolute Gasteiger partial charge is 0.210 e. The second kappa shape index (κ2) is 4.76. The second-order valence-electron chi connectivity index (χ2n) is 3.43. The predicted octanol–water partition coefficient (Wildman–Crippen LogP) is 0.158. The number of thiophene rings is 1. The topological polar surface area (TPSA) is 4.10 Å².